The van der Waals surface area contributed by atoms with E-state index < -0.39 is 0 Å². The molecule has 6 aromatic rings. The van der Waals surface area contributed by atoms with E-state index in [2.05, 4.69) is 85.0 Å². The number of nitrogens with zero attached hydrogens (tertiary/aromatic N) is 2. The maximum atomic E-state index is 10.7. The van der Waals surface area contributed by atoms with Gasteiger partial charge in [0.2, 0.25) is 0 Å². The van der Waals surface area contributed by atoms with Crippen molar-refractivity contribution >= 4 is 64.4 Å². The van der Waals surface area contributed by atoms with Crippen LogP contribution in [0.15, 0.2) is 99.9 Å². The molecule has 1 aromatic heterocycles. The van der Waals surface area contributed by atoms with Crippen LogP contribution in [0.25, 0.3) is 49.7 Å². The summed E-state index contributed by atoms with van der Waals surface area (Å²) in [5.74, 6) is 0.911. The Morgan fingerprint density at radius 1 is 0.656 bits per heavy atom. The number of hydrogen-bond acceptors (Lipinski definition) is 2. The molecule has 0 aliphatic heterocycles. The number of hydrogen-bond donors (Lipinski definition) is 1. The van der Waals surface area contributed by atoms with Crippen LogP contribution in [0, 0.1) is 0 Å². The van der Waals surface area contributed by atoms with Crippen LogP contribution < -0.4 is 0 Å². The minimum absolute atomic E-state index is 0.205. The number of halogens is 2. The average molecular weight is 544 g/mol. The Labute approximate surface area is 201 Å². The lowest BCUT2D eigenvalue weighted by molar-refractivity contribution is 0.477. The van der Waals surface area contributed by atoms with Gasteiger partial charge in [0, 0.05) is 25.4 Å². The zero-order valence-electron chi connectivity index (χ0n) is 16.8. The van der Waals surface area contributed by atoms with Crippen molar-refractivity contribution in [3.63, 3.8) is 0 Å². The molecule has 0 saturated carbocycles. The summed E-state index contributed by atoms with van der Waals surface area (Å²) in [5.41, 5.74) is 3.59. The first-order chi connectivity index (χ1) is 15.6. The summed E-state index contributed by atoms with van der Waals surface area (Å²) in [7, 11) is 0. The van der Waals surface area contributed by atoms with E-state index in [0.717, 1.165) is 47.2 Å². The SMILES string of the molecule is Oc1ccccc1-c1nc2c3cc(Br)ccc3c3ccc(Br)cc3c2n1-c1ccccc1. The van der Waals surface area contributed by atoms with Gasteiger partial charge in [-0.05, 0) is 59.3 Å². The normalized spacial score (nSPS) is 11.6. The Bertz CT molecular complexity index is 1660. The standard InChI is InChI=1S/C27H16Br2N2O/c28-16-10-12-19-20-13-11-17(29)15-23(20)26-25(22(19)14-16)30-27(21-8-4-5-9-24(21)32)31(26)18-6-2-1-3-7-18/h1-15,32H. The van der Waals surface area contributed by atoms with E-state index in [9.17, 15) is 5.11 Å². The Hall–Kier alpha value is -3.15. The molecule has 0 aliphatic rings. The van der Waals surface area contributed by atoms with Gasteiger partial charge >= 0.3 is 0 Å². The second-order valence-electron chi connectivity index (χ2n) is 7.70. The molecule has 3 nitrogen and oxygen atoms in total. The second kappa shape index (κ2) is 7.47. The van der Waals surface area contributed by atoms with Crippen molar-refractivity contribution in [3.8, 4) is 22.8 Å². The Kier molecular flexibility index (Phi) is 4.56. The van der Waals surface area contributed by atoms with Crippen molar-refractivity contribution in [3.05, 3.63) is 99.9 Å². The van der Waals surface area contributed by atoms with Crippen LogP contribution >= 0.6 is 31.9 Å². The number of fused-ring (bicyclic) bond motifs is 6. The summed E-state index contributed by atoms with van der Waals surface area (Å²) < 4.78 is 4.16. The van der Waals surface area contributed by atoms with Crippen molar-refractivity contribution in [2.45, 2.75) is 0 Å². The lowest BCUT2D eigenvalue weighted by Gasteiger charge is -2.13. The van der Waals surface area contributed by atoms with E-state index in [1.54, 1.807) is 6.07 Å². The molecule has 0 atom stereocenters. The maximum Gasteiger partial charge on any atom is 0.149 e. The largest absolute Gasteiger partial charge is 0.507 e. The van der Waals surface area contributed by atoms with E-state index in [4.69, 9.17) is 4.98 Å². The fourth-order valence-corrected chi connectivity index (χ4v) is 5.14. The second-order valence-corrected chi connectivity index (χ2v) is 9.53. The summed E-state index contributed by atoms with van der Waals surface area (Å²) >= 11 is 7.30. The first kappa shape index (κ1) is 19.5. The van der Waals surface area contributed by atoms with Crippen molar-refractivity contribution in [1.29, 1.82) is 0 Å². The molecule has 0 unspecified atom stereocenters. The highest BCUT2D eigenvalue weighted by atomic mass is 79.9. The van der Waals surface area contributed by atoms with Gasteiger partial charge in [0.25, 0.3) is 0 Å². The smallest absolute Gasteiger partial charge is 0.149 e. The molecule has 0 radical (unpaired) electrons. The van der Waals surface area contributed by atoms with Crippen LogP contribution in [0.1, 0.15) is 0 Å². The highest BCUT2D eigenvalue weighted by Crippen LogP contribution is 2.41. The molecule has 0 saturated heterocycles. The van der Waals surface area contributed by atoms with Crippen LogP contribution in [0.2, 0.25) is 0 Å². The van der Waals surface area contributed by atoms with Gasteiger partial charge in [0.15, 0.2) is 0 Å². The zero-order chi connectivity index (χ0) is 21.8. The van der Waals surface area contributed by atoms with Crippen LogP contribution in [-0.2, 0) is 0 Å². The quantitative estimate of drug-likeness (QED) is 0.223. The molecule has 0 aliphatic carbocycles. The van der Waals surface area contributed by atoms with Crippen molar-refractivity contribution in [2.24, 2.45) is 0 Å². The van der Waals surface area contributed by atoms with Crippen molar-refractivity contribution in [1.82, 2.24) is 9.55 Å². The van der Waals surface area contributed by atoms with Crippen LogP contribution in [-0.4, -0.2) is 14.7 Å². The lowest BCUT2D eigenvalue weighted by Crippen LogP contribution is -1.98. The molecule has 154 valence electrons. The summed E-state index contributed by atoms with van der Waals surface area (Å²) in [6.07, 6.45) is 0. The van der Waals surface area contributed by atoms with E-state index in [0.29, 0.717) is 11.4 Å². The summed E-state index contributed by atoms with van der Waals surface area (Å²) in [4.78, 5) is 5.14. The molecule has 0 spiro atoms. The summed E-state index contributed by atoms with van der Waals surface area (Å²) in [6.45, 7) is 0. The van der Waals surface area contributed by atoms with Gasteiger partial charge in [0.1, 0.15) is 11.6 Å². The molecule has 32 heavy (non-hydrogen) atoms. The third-order valence-electron chi connectivity index (χ3n) is 5.80. The highest BCUT2D eigenvalue weighted by Gasteiger charge is 2.21. The molecule has 5 aromatic carbocycles. The van der Waals surface area contributed by atoms with Gasteiger partial charge in [0.05, 0.1) is 16.6 Å². The van der Waals surface area contributed by atoms with E-state index in [1.165, 1.54) is 0 Å². The molecular weight excluding hydrogens is 528 g/mol. The van der Waals surface area contributed by atoms with Gasteiger partial charge in [-0.25, -0.2) is 4.98 Å². The van der Waals surface area contributed by atoms with Gasteiger partial charge in [-0.1, -0.05) is 74.3 Å². The number of phenols is 1. The average Bonchev–Trinajstić information content (AvgIpc) is 3.21. The fourth-order valence-electron chi connectivity index (χ4n) is 4.42. The number of aromatic hydroxyl groups is 1. The predicted molar refractivity (Wildman–Crippen MR) is 139 cm³/mol. The first-order valence-electron chi connectivity index (χ1n) is 10.2. The summed E-state index contributed by atoms with van der Waals surface area (Å²) in [5, 5.41) is 15.2. The van der Waals surface area contributed by atoms with Gasteiger partial charge in [-0.3, -0.25) is 4.57 Å². The first-order valence-corrected chi connectivity index (χ1v) is 11.8. The number of imidazole rings is 1. The molecule has 1 N–H and O–H groups in total. The van der Waals surface area contributed by atoms with E-state index >= 15 is 0 Å². The topological polar surface area (TPSA) is 38.1 Å². The Morgan fingerprint density at radius 3 is 2.00 bits per heavy atom. The molecule has 0 bridgehead atoms. The minimum Gasteiger partial charge on any atom is -0.507 e. The Morgan fingerprint density at radius 2 is 1.28 bits per heavy atom. The lowest BCUT2D eigenvalue weighted by atomic mass is 10.00. The van der Waals surface area contributed by atoms with Crippen molar-refractivity contribution < 1.29 is 5.11 Å². The number of benzene rings is 5. The highest BCUT2D eigenvalue weighted by molar-refractivity contribution is 9.10. The van der Waals surface area contributed by atoms with Crippen LogP contribution in [0.4, 0.5) is 0 Å². The monoisotopic (exact) mass is 542 g/mol. The molecule has 0 fully saturated rings. The fraction of sp³-hybridized carbons (Fsp3) is 0. The van der Waals surface area contributed by atoms with Gasteiger partial charge in [-0.2, -0.15) is 0 Å². The van der Waals surface area contributed by atoms with Gasteiger partial charge in [-0.15, -0.1) is 0 Å². The van der Waals surface area contributed by atoms with Crippen molar-refractivity contribution in [2.75, 3.05) is 0 Å². The zero-order valence-corrected chi connectivity index (χ0v) is 19.9. The molecule has 6 rings (SSSR count). The Balaban J connectivity index is 1.92. The maximum absolute atomic E-state index is 10.7. The molecule has 5 heteroatoms. The number of para-hydroxylation sites is 2. The number of phenolic OH excluding ortho intramolecular Hbond substituents is 1. The van der Waals surface area contributed by atoms with E-state index in [-0.39, 0.29) is 5.75 Å². The van der Waals surface area contributed by atoms with Crippen LogP contribution in [0.3, 0.4) is 0 Å². The molecule has 1 heterocycles. The number of aromatic nitrogens is 2. The predicted octanol–water partition coefficient (Wildman–Crippen LogP) is 8.23. The third kappa shape index (κ3) is 2.96. The molecular formula is C27H16Br2N2O. The minimum atomic E-state index is 0.205. The van der Waals surface area contributed by atoms with Crippen LogP contribution in [0.5, 0.6) is 5.75 Å². The third-order valence-corrected chi connectivity index (χ3v) is 6.79. The number of rotatable bonds is 2. The summed E-state index contributed by atoms with van der Waals surface area (Å²) in [6, 6.07) is 30.2. The van der Waals surface area contributed by atoms with Gasteiger partial charge < -0.3 is 5.11 Å². The van der Waals surface area contributed by atoms with E-state index in [1.807, 2.05) is 36.4 Å². The molecule has 0 amide bonds.